The summed E-state index contributed by atoms with van der Waals surface area (Å²) in [4.78, 5) is 20.2. The van der Waals surface area contributed by atoms with Gasteiger partial charge in [-0.3, -0.25) is 9.78 Å². The molecule has 0 spiro atoms. The van der Waals surface area contributed by atoms with Crippen molar-refractivity contribution in [1.82, 2.24) is 9.88 Å². The Morgan fingerprint density at radius 3 is 2.58 bits per heavy atom. The van der Waals surface area contributed by atoms with E-state index in [0.29, 0.717) is 23.7 Å². The molecular formula is C24H33N3O4. The Morgan fingerprint density at radius 1 is 1.06 bits per heavy atom. The zero-order valence-electron chi connectivity index (χ0n) is 18.7. The van der Waals surface area contributed by atoms with Gasteiger partial charge >= 0.3 is 0 Å². The Kier molecular flexibility index (Phi) is 6.51. The van der Waals surface area contributed by atoms with E-state index >= 15 is 0 Å². The molecule has 1 saturated carbocycles. The lowest BCUT2D eigenvalue weighted by Crippen LogP contribution is -2.44. The van der Waals surface area contributed by atoms with Gasteiger partial charge in [0.05, 0.1) is 37.2 Å². The highest BCUT2D eigenvalue weighted by molar-refractivity contribution is 5.86. The molecule has 1 saturated heterocycles. The molecule has 1 aliphatic heterocycles. The molecule has 168 valence electrons. The molecule has 4 rings (SSSR count). The maximum Gasteiger partial charge on any atom is 0.225 e. The molecule has 7 nitrogen and oxygen atoms in total. The number of hydrogen-bond donors (Lipinski definition) is 1. The van der Waals surface area contributed by atoms with E-state index in [4.69, 9.17) is 24.9 Å². The normalized spacial score (nSPS) is 24.2. The molecular weight excluding hydrogens is 394 g/mol. The number of anilines is 1. The van der Waals surface area contributed by atoms with Crippen LogP contribution in [0.25, 0.3) is 10.9 Å². The van der Waals surface area contributed by atoms with Crippen LogP contribution in [0.3, 0.4) is 0 Å². The zero-order valence-corrected chi connectivity index (χ0v) is 18.7. The molecule has 0 unspecified atom stereocenters. The number of carbonyl (C=O) groups is 1. The first-order valence-electron chi connectivity index (χ1n) is 11.2. The molecule has 2 heterocycles. The number of rotatable bonds is 5. The van der Waals surface area contributed by atoms with Gasteiger partial charge in [-0.25, -0.2) is 0 Å². The summed E-state index contributed by atoms with van der Waals surface area (Å²) in [6, 6.07) is 5.73. The first-order chi connectivity index (χ1) is 15.0. The van der Waals surface area contributed by atoms with Gasteiger partial charge in [-0.05, 0) is 44.2 Å². The lowest BCUT2D eigenvalue weighted by atomic mass is 9.85. The van der Waals surface area contributed by atoms with Crippen LogP contribution in [0.2, 0.25) is 0 Å². The molecule has 2 N–H and O–H groups in total. The molecule has 0 radical (unpaired) electrons. The molecule has 1 aliphatic carbocycles. The number of hydrogen-bond acceptors (Lipinski definition) is 6. The summed E-state index contributed by atoms with van der Waals surface area (Å²) in [5.74, 6) is 1.76. The van der Waals surface area contributed by atoms with Crippen LogP contribution < -0.4 is 15.2 Å². The highest BCUT2D eigenvalue weighted by Crippen LogP contribution is 2.37. The minimum absolute atomic E-state index is 0.0658. The summed E-state index contributed by atoms with van der Waals surface area (Å²) in [5.41, 5.74) is 8.78. The predicted octanol–water partition coefficient (Wildman–Crippen LogP) is 3.75. The van der Waals surface area contributed by atoms with Crippen LogP contribution >= 0.6 is 0 Å². The Morgan fingerprint density at radius 2 is 1.84 bits per heavy atom. The second-order valence-electron chi connectivity index (χ2n) is 8.71. The van der Waals surface area contributed by atoms with Crippen molar-refractivity contribution in [2.24, 2.45) is 5.92 Å². The van der Waals surface area contributed by atoms with E-state index in [1.807, 2.05) is 23.1 Å². The molecule has 1 aromatic heterocycles. The lowest BCUT2D eigenvalue weighted by Gasteiger charge is -2.37. The van der Waals surface area contributed by atoms with Gasteiger partial charge in [0.1, 0.15) is 0 Å². The smallest absolute Gasteiger partial charge is 0.225 e. The fraction of sp³-hybridized carbons (Fsp3) is 0.583. The summed E-state index contributed by atoms with van der Waals surface area (Å²) in [6.45, 7) is 1.48. The number of nitrogen functional groups attached to an aromatic ring is 1. The molecule has 7 heteroatoms. The van der Waals surface area contributed by atoms with Crippen LogP contribution in [0, 0.1) is 5.92 Å². The standard InChI is InChI=1S/C24H33N3O4/c1-29-18-8-4-6-15(10-18)24(28)27-9-5-7-16(14-27)23-19(25)11-17-12-21(30-2)22(31-3)13-20(17)26-23/h11-13,15-16,18H,4-10,14,25H2,1-3H3/t15-,16+,18+/m0/s1. The molecule has 3 atom stereocenters. The summed E-state index contributed by atoms with van der Waals surface area (Å²) in [5, 5.41) is 0.912. The van der Waals surface area contributed by atoms with Crippen molar-refractivity contribution < 1.29 is 19.0 Å². The number of aromatic nitrogens is 1. The van der Waals surface area contributed by atoms with Crippen LogP contribution in [0.5, 0.6) is 11.5 Å². The third-order valence-corrected chi connectivity index (χ3v) is 6.81. The second kappa shape index (κ2) is 9.30. The largest absolute Gasteiger partial charge is 0.493 e. The molecule has 1 aromatic carbocycles. The van der Waals surface area contributed by atoms with Crippen LogP contribution in [-0.4, -0.2) is 56.3 Å². The number of pyridine rings is 1. The number of fused-ring (bicyclic) bond motifs is 1. The summed E-state index contributed by atoms with van der Waals surface area (Å²) in [6.07, 6.45) is 6.03. The number of benzene rings is 1. The number of methoxy groups -OCH3 is 3. The Labute approximate surface area is 183 Å². The number of nitrogens with two attached hydrogens (primary N) is 1. The molecule has 2 aliphatic rings. The zero-order chi connectivity index (χ0) is 22.0. The van der Waals surface area contributed by atoms with Crippen LogP contribution in [-0.2, 0) is 9.53 Å². The minimum atomic E-state index is 0.0658. The third-order valence-electron chi connectivity index (χ3n) is 6.81. The van der Waals surface area contributed by atoms with E-state index in [1.165, 1.54) is 0 Å². The highest BCUT2D eigenvalue weighted by Gasteiger charge is 2.34. The van der Waals surface area contributed by atoms with Crippen molar-refractivity contribution >= 4 is 22.5 Å². The Bertz CT molecular complexity index is 948. The number of piperidine rings is 1. The van der Waals surface area contributed by atoms with E-state index in [1.54, 1.807) is 21.3 Å². The molecule has 1 amide bonds. The number of ether oxygens (including phenoxy) is 3. The quantitative estimate of drug-likeness (QED) is 0.782. The number of likely N-dealkylation sites (tertiary alicyclic amines) is 1. The number of nitrogens with zero attached hydrogens (tertiary/aromatic N) is 2. The van der Waals surface area contributed by atoms with Crippen molar-refractivity contribution in [3.8, 4) is 11.5 Å². The van der Waals surface area contributed by atoms with Crippen LogP contribution in [0.15, 0.2) is 18.2 Å². The van der Waals surface area contributed by atoms with Crippen molar-refractivity contribution in [2.75, 3.05) is 40.2 Å². The lowest BCUT2D eigenvalue weighted by molar-refractivity contribution is -0.139. The van der Waals surface area contributed by atoms with Gasteiger partial charge in [0.25, 0.3) is 0 Å². The van der Waals surface area contributed by atoms with Gasteiger partial charge in [-0.1, -0.05) is 6.42 Å². The molecule has 2 aromatic rings. The van der Waals surface area contributed by atoms with E-state index in [0.717, 1.165) is 61.7 Å². The molecule has 2 fully saturated rings. The minimum Gasteiger partial charge on any atom is -0.493 e. The Balaban J connectivity index is 1.56. The Hall–Kier alpha value is -2.54. The van der Waals surface area contributed by atoms with Crippen molar-refractivity contribution in [1.29, 1.82) is 0 Å². The van der Waals surface area contributed by atoms with E-state index in [9.17, 15) is 4.79 Å². The number of amides is 1. The summed E-state index contributed by atoms with van der Waals surface area (Å²) < 4.78 is 16.4. The fourth-order valence-electron chi connectivity index (χ4n) is 5.10. The van der Waals surface area contributed by atoms with Crippen molar-refractivity contribution in [3.63, 3.8) is 0 Å². The topological polar surface area (TPSA) is 86.9 Å². The first kappa shape index (κ1) is 21.7. The first-order valence-corrected chi connectivity index (χ1v) is 11.2. The molecule has 31 heavy (non-hydrogen) atoms. The van der Waals surface area contributed by atoms with Crippen molar-refractivity contribution in [3.05, 3.63) is 23.9 Å². The fourth-order valence-corrected chi connectivity index (χ4v) is 5.10. The highest BCUT2D eigenvalue weighted by atomic mass is 16.5. The molecule has 0 bridgehead atoms. The summed E-state index contributed by atoms with van der Waals surface area (Å²) >= 11 is 0. The van der Waals surface area contributed by atoms with Gasteiger partial charge in [0.2, 0.25) is 5.91 Å². The van der Waals surface area contributed by atoms with Gasteiger partial charge in [0.15, 0.2) is 11.5 Å². The van der Waals surface area contributed by atoms with E-state index < -0.39 is 0 Å². The SMILES string of the molecule is COc1cc2cc(N)c([C@@H]3CCCN(C(=O)[C@H]4CCC[C@@H](OC)C4)C3)nc2cc1OC. The summed E-state index contributed by atoms with van der Waals surface area (Å²) in [7, 11) is 4.97. The third kappa shape index (κ3) is 4.42. The van der Waals surface area contributed by atoms with E-state index in [2.05, 4.69) is 0 Å². The average molecular weight is 428 g/mol. The van der Waals surface area contributed by atoms with Crippen LogP contribution in [0.4, 0.5) is 5.69 Å². The average Bonchev–Trinajstić information content (AvgIpc) is 2.82. The van der Waals surface area contributed by atoms with E-state index in [-0.39, 0.29) is 23.8 Å². The second-order valence-corrected chi connectivity index (χ2v) is 8.71. The predicted molar refractivity (Wildman–Crippen MR) is 121 cm³/mol. The van der Waals surface area contributed by atoms with Crippen molar-refractivity contribution in [2.45, 2.75) is 50.5 Å². The van der Waals surface area contributed by atoms with Gasteiger partial charge in [-0.15, -0.1) is 0 Å². The number of carbonyl (C=O) groups excluding carboxylic acids is 1. The maximum atomic E-state index is 13.2. The van der Waals surface area contributed by atoms with Crippen LogP contribution in [0.1, 0.15) is 50.1 Å². The monoisotopic (exact) mass is 427 g/mol. The van der Waals surface area contributed by atoms with Gasteiger partial charge in [-0.2, -0.15) is 0 Å². The maximum absolute atomic E-state index is 13.2. The van der Waals surface area contributed by atoms with Gasteiger partial charge in [0, 0.05) is 43.5 Å². The van der Waals surface area contributed by atoms with Gasteiger partial charge < -0.3 is 24.8 Å².